The quantitative estimate of drug-likeness (QED) is 0.247. The molecule has 1 fully saturated rings. The van der Waals surface area contributed by atoms with E-state index in [2.05, 4.69) is 9.97 Å². The number of nitrogens with zero attached hydrogens (tertiary/aromatic N) is 5. The Labute approximate surface area is 231 Å². The van der Waals surface area contributed by atoms with Gasteiger partial charge < -0.3 is 19.5 Å². The first-order valence-electron chi connectivity index (χ1n) is 11.9. The Morgan fingerprint density at radius 1 is 1.20 bits per heavy atom. The van der Waals surface area contributed by atoms with Crippen LogP contribution in [0.5, 0.6) is 5.88 Å². The molecule has 0 radical (unpaired) electrons. The number of benzene rings is 2. The van der Waals surface area contributed by atoms with Crippen molar-refractivity contribution in [3.8, 4) is 11.9 Å². The Balaban J connectivity index is 1.84. The van der Waals surface area contributed by atoms with E-state index in [9.17, 15) is 23.1 Å². The Hall–Kier alpha value is -3.93. The minimum Gasteiger partial charge on any atom is -0.472 e. The molecule has 0 saturated carbocycles. The van der Waals surface area contributed by atoms with Crippen molar-refractivity contribution in [3.05, 3.63) is 53.1 Å². The summed E-state index contributed by atoms with van der Waals surface area (Å²) in [5.41, 5.74) is -3.48. The molecular weight excluding hydrogens is 554 g/mol. The number of nitriles is 1. The molecule has 0 aliphatic carbocycles. The molecule has 2 heterocycles. The molecule has 1 atom stereocenters. The second-order valence-electron chi connectivity index (χ2n) is 9.28. The van der Waals surface area contributed by atoms with E-state index in [0.29, 0.717) is 12.5 Å². The first-order chi connectivity index (χ1) is 18.7. The number of amides is 1. The Morgan fingerprint density at radius 2 is 1.90 bits per heavy atom. The average molecular weight is 578 g/mol. The van der Waals surface area contributed by atoms with E-state index >= 15 is 4.39 Å². The number of hydrogen-bond acceptors (Lipinski definition) is 8. The number of ether oxygens (including phenoxy) is 2. The number of alkyl halides is 3. The van der Waals surface area contributed by atoms with Crippen molar-refractivity contribution >= 4 is 45.5 Å². The van der Waals surface area contributed by atoms with E-state index in [-0.39, 0.29) is 45.7 Å². The molecule has 0 spiro atoms. The number of hydrogen-bond donors (Lipinski definition) is 1. The third-order valence-corrected chi connectivity index (χ3v) is 6.68. The van der Waals surface area contributed by atoms with Crippen LogP contribution in [-0.4, -0.2) is 51.6 Å². The van der Waals surface area contributed by atoms with Gasteiger partial charge in [-0.15, -0.1) is 0 Å². The van der Waals surface area contributed by atoms with Gasteiger partial charge in [0.1, 0.15) is 23.5 Å². The number of anilines is 2. The molecule has 1 unspecified atom stereocenters. The fraction of sp³-hybridized carbons (Fsp3) is 0.346. The first kappa shape index (κ1) is 29.1. The number of aromatic nitrogens is 2. The molecule has 210 valence electrons. The van der Waals surface area contributed by atoms with Crippen molar-refractivity contribution < 1.29 is 36.9 Å². The lowest BCUT2D eigenvalue weighted by molar-refractivity contribution is -0.137. The van der Waals surface area contributed by atoms with Crippen LogP contribution in [0.25, 0.3) is 10.9 Å². The number of methoxy groups -OCH3 is 1. The van der Waals surface area contributed by atoms with Gasteiger partial charge in [-0.25, -0.2) is 9.37 Å². The fourth-order valence-electron chi connectivity index (χ4n) is 4.27. The predicted molar refractivity (Wildman–Crippen MR) is 140 cm³/mol. The summed E-state index contributed by atoms with van der Waals surface area (Å²) in [6.45, 7) is 4.42. The summed E-state index contributed by atoms with van der Waals surface area (Å²) in [7, 11) is 1.27. The zero-order valence-electron chi connectivity index (χ0n) is 21.7. The molecule has 3 aromatic rings. The van der Waals surface area contributed by atoms with E-state index in [1.165, 1.54) is 44.1 Å². The summed E-state index contributed by atoms with van der Waals surface area (Å²) >= 11 is 5.54. The predicted octanol–water partition coefficient (Wildman–Crippen LogP) is 4.48. The number of fused-ring (bicyclic) bond motifs is 1. The topological polar surface area (TPSA) is 112 Å². The Kier molecular flexibility index (Phi) is 7.68. The molecule has 1 aliphatic heterocycles. The van der Waals surface area contributed by atoms with Crippen LogP contribution >= 0.6 is 12.2 Å². The van der Waals surface area contributed by atoms with Crippen molar-refractivity contribution in [2.45, 2.75) is 45.2 Å². The summed E-state index contributed by atoms with van der Waals surface area (Å²) in [5, 5.41) is 18.8. The summed E-state index contributed by atoms with van der Waals surface area (Å²) in [6, 6.07) is 6.86. The van der Waals surface area contributed by atoms with Gasteiger partial charge in [0.05, 0.1) is 28.3 Å². The van der Waals surface area contributed by atoms with Crippen LogP contribution in [0, 0.1) is 17.1 Å². The van der Waals surface area contributed by atoms with Crippen molar-refractivity contribution in [3.63, 3.8) is 0 Å². The number of carbonyl (C=O) groups excluding carboxylic acids is 1. The molecule has 1 amide bonds. The van der Waals surface area contributed by atoms with Crippen molar-refractivity contribution in [2.75, 3.05) is 23.5 Å². The number of thiocarbonyl (C=S) groups is 1. The van der Waals surface area contributed by atoms with Gasteiger partial charge in [0.15, 0.2) is 17.2 Å². The van der Waals surface area contributed by atoms with Crippen molar-refractivity contribution in [1.82, 2.24) is 9.97 Å². The highest BCUT2D eigenvalue weighted by molar-refractivity contribution is 7.81. The number of aliphatic hydroxyl groups is 1. The van der Waals surface area contributed by atoms with E-state index in [0.717, 1.165) is 17.0 Å². The monoisotopic (exact) mass is 577 g/mol. The summed E-state index contributed by atoms with van der Waals surface area (Å²) in [4.78, 5) is 24.2. The van der Waals surface area contributed by atoms with Gasteiger partial charge >= 0.3 is 6.18 Å². The maximum absolute atomic E-state index is 15.5. The highest BCUT2D eigenvalue weighted by Crippen LogP contribution is 2.41. The van der Waals surface area contributed by atoms with E-state index in [4.69, 9.17) is 27.0 Å². The van der Waals surface area contributed by atoms with Crippen LogP contribution in [0.4, 0.5) is 28.9 Å². The van der Waals surface area contributed by atoms with Crippen LogP contribution in [-0.2, 0) is 22.1 Å². The van der Waals surface area contributed by atoms with E-state index in [1.54, 1.807) is 6.92 Å². The Morgan fingerprint density at radius 3 is 2.50 bits per heavy atom. The zero-order chi connectivity index (χ0) is 29.6. The second kappa shape index (κ2) is 10.6. The summed E-state index contributed by atoms with van der Waals surface area (Å²) < 4.78 is 66.7. The van der Waals surface area contributed by atoms with Crippen LogP contribution in [0.3, 0.4) is 0 Å². The lowest BCUT2D eigenvalue weighted by Gasteiger charge is -2.29. The first-order valence-corrected chi connectivity index (χ1v) is 12.3. The maximum atomic E-state index is 15.5. The summed E-state index contributed by atoms with van der Waals surface area (Å²) in [5.74, 6) is -1.23. The molecule has 1 N–H and O–H groups in total. The van der Waals surface area contributed by atoms with Gasteiger partial charge in [-0.1, -0.05) is 6.92 Å². The molecule has 1 saturated heterocycles. The van der Waals surface area contributed by atoms with Gasteiger partial charge in [-0.05, 0) is 56.4 Å². The van der Waals surface area contributed by atoms with E-state index < -0.39 is 40.9 Å². The molecule has 0 bridgehead atoms. The van der Waals surface area contributed by atoms with Gasteiger partial charge in [-0.2, -0.15) is 23.4 Å². The molecule has 1 aliphatic rings. The van der Waals surface area contributed by atoms with Crippen LogP contribution < -0.4 is 14.5 Å². The average Bonchev–Trinajstić information content (AvgIpc) is 3.08. The van der Waals surface area contributed by atoms with E-state index in [1.807, 2.05) is 0 Å². The number of carbonyl (C=O) groups is 1. The SMILES string of the molecule is CCc1nc(OCC(O)OC)c2cc(N3C(=S)N(c4ccc(C#N)c(C(F)(F)F)c4)C(=O)C3(C)C)cc(F)c2n1. The number of aliphatic hydroxyl groups excluding tert-OH is 1. The molecule has 40 heavy (non-hydrogen) atoms. The standard InChI is InChI=1S/C26H23F4N5O4S/c1-5-19-32-21-16(22(33-19)39-12-20(36)38-4)8-15(10-18(21)27)35-24(40)34(23(37)25(35,2)3)14-7-6-13(11-31)17(9-14)26(28,29)30/h6-10,20,36H,5,12H2,1-4H3. The smallest absolute Gasteiger partial charge is 0.417 e. The van der Waals surface area contributed by atoms with Crippen LogP contribution in [0.15, 0.2) is 30.3 Å². The molecule has 14 heteroatoms. The third kappa shape index (κ3) is 5.03. The van der Waals surface area contributed by atoms with Gasteiger partial charge in [0, 0.05) is 19.2 Å². The highest BCUT2D eigenvalue weighted by atomic mass is 32.1. The van der Waals surface area contributed by atoms with Gasteiger partial charge in [0.2, 0.25) is 5.88 Å². The maximum Gasteiger partial charge on any atom is 0.417 e. The molecule has 1 aromatic heterocycles. The highest BCUT2D eigenvalue weighted by Gasteiger charge is 2.51. The minimum atomic E-state index is -4.85. The van der Waals surface area contributed by atoms with Crippen LogP contribution in [0.1, 0.15) is 37.7 Å². The van der Waals surface area contributed by atoms with Crippen molar-refractivity contribution in [2.24, 2.45) is 0 Å². The van der Waals surface area contributed by atoms with Crippen LogP contribution in [0.2, 0.25) is 0 Å². The summed E-state index contributed by atoms with van der Waals surface area (Å²) in [6.07, 6.45) is -5.78. The minimum absolute atomic E-state index is 0.0493. The lowest BCUT2D eigenvalue weighted by atomic mass is 10.0. The molecule has 2 aromatic carbocycles. The molecule has 9 nitrogen and oxygen atoms in total. The normalized spacial score (nSPS) is 16.0. The zero-order valence-corrected chi connectivity index (χ0v) is 22.5. The largest absolute Gasteiger partial charge is 0.472 e. The number of halogens is 4. The molecular formula is C26H23F4N5O4S. The fourth-order valence-corrected chi connectivity index (χ4v) is 4.79. The van der Waals surface area contributed by atoms with Crippen molar-refractivity contribution in [1.29, 1.82) is 5.26 Å². The number of aryl methyl sites for hydroxylation is 1. The third-order valence-electron chi connectivity index (χ3n) is 6.31. The van der Waals surface area contributed by atoms with Gasteiger partial charge in [0.25, 0.3) is 5.91 Å². The second-order valence-corrected chi connectivity index (χ2v) is 9.65. The van der Waals surface area contributed by atoms with Gasteiger partial charge in [-0.3, -0.25) is 9.69 Å². The Bertz CT molecular complexity index is 1560. The molecule has 4 rings (SSSR count). The lowest BCUT2D eigenvalue weighted by Crippen LogP contribution is -2.44. The number of rotatable bonds is 7.